The summed E-state index contributed by atoms with van der Waals surface area (Å²) in [5, 5.41) is 8.82. The summed E-state index contributed by atoms with van der Waals surface area (Å²) in [6.07, 6.45) is 1.18. The number of carboxylic acid groups (broad SMARTS) is 1. The fourth-order valence-corrected chi connectivity index (χ4v) is 3.40. The van der Waals surface area contributed by atoms with Gasteiger partial charge in [0.25, 0.3) is 0 Å². The first-order valence-corrected chi connectivity index (χ1v) is 8.16. The minimum Gasteiger partial charge on any atom is -0.477 e. The van der Waals surface area contributed by atoms with E-state index >= 15 is 0 Å². The molecule has 0 radical (unpaired) electrons. The number of nitrogens with zero attached hydrogens (tertiary/aromatic N) is 1. The molecule has 2 rings (SSSR count). The number of H-pyrrole nitrogens is 1. The highest BCUT2D eigenvalue weighted by molar-refractivity contribution is 9.10. The lowest BCUT2D eigenvalue weighted by atomic mass is 10.2. The largest absolute Gasteiger partial charge is 0.477 e. The van der Waals surface area contributed by atoms with Crippen LogP contribution in [0.1, 0.15) is 16.1 Å². The van der Waals surface area contributed by atoms with Crippen LogP contribution < -0.4 is 0 Å². The van der Waals surface area contributed by atoms with Crippen molar-refractivity contribution in [1.29, 1.82) is 0 Å². The second-order valence-electron chi connectivity index (χ2n) is 4.45. The van der Waals surface area contributed by atoms with E-state index in [1.165, 1.54) is 17.5 Å². The van der Waals surface area contributed by atoms with Crippen molar-refractivity contribution in [3.63, 3.8) is 0 Å². The Labute approximate surface area is 130 Å². The Morgan fingerprint density at radius 1 is 1.38 bits per heavy atom. The maximum atomic E-state index is 12.4. The topological polar surface area (TPSA) is 90.5 Å². The molecule has 0 atom stereocenters. The lowest BCUT2D eigenvalue weighted by Gasteiger charge is -2.16. The van der Waals surface area contributed by atoms with Gasteiger partial charge in [-0.05, 0) is 23.8 Å². The van der Waals surface area contributed by atoms with Crippen molar-refractivity contribution >= 4 is 31.9 Å². The maximum absolute atomic E-state index is 12.4. The second kappa shape index (κ2) is 6.00. The third-order valence-corrected chi connectivity index (χ3v) is 5.16. The molecular formula is C13H13BrN2O4S. The first-order valence-electron chi connectivity index (χ1n) is 5.93. The summed E-state index contributed by atoms with van der Waals surface area (Å²) < 4.78 is 26.7. The van der Waals surface area contributed by atoms with E-state index in [-0.39, 0.29) is 17.1 Å². The molecule has 8 heteroatoms. The van der Waals surface area contributed by atoms with Crippen LogP contribution in [0.2, 0.25) is 0 Å². The van der Waals surface area contributed by atoms with Crippen LogP contribution in [0.4, 0.5) is 0 Å². The highest BCUT2D eigenvalue weighted by Gasteiger charge is 2.23. The third kappa shape index (κ3) is 3.52. The maximum Gasteiger partial charge on any atom is 0.352 e. The average Bonchev–Trinajstić information content (AvgIpc) is 2.89. The van der Waals surface area contributed by atoms with Crippen molar-refractivity contribution in [1.82, 2.24) is 9.29 Å². The average molecular weight is 373 g/mol. The van der Waals surface area contributed by atoms with Crippen LogP contribution in [-0.4, -0.2) is 35.8 Å². The second-order valence-corrected chi connectivity index (χ2v) is 7.41. The number of sulfonamides is 1. The van der Waals surface area contributed by atoms with E-state index in [1.54, 1.807) is 0 Å². The number of aromatic nitrogens is 1. The first-order chi connectivity index (χ1) is 9.80. The Hall–Kier alpha value is -1.64. The summed E-state index contributed by atoms with van der Waals surface area (Å²) in [6, 6.07) is 8.42. The quantitative estimate of drug-likeness (QED) is 0.842. The van der Waals surface area contributed by atoms with Gasteiger partial charge in [-0.2, -0.15) is 4.31 Å². The van der Waals surface area contributed by atoms with Gasteiger partial charge in [0.2, 0.25) is 10.0 Å². The molecule has 112 valence electrons. The Morgan fingerprint density at radius 2 is 2.10 bits per heavy atom. The minimum atomic E-state index is -3.74. The number of hydrogen-bond acceptors (Lipinski definition) is 3. The van der Waals surface area contributed by atoms with Crippen LogP contribution in [0.3, 0.4) is 0 Å². The zero-order valence-corrected chi connectivity index (χ0v) is 13.5. The van der Waals surface area contributed by atoms with Gasteiger partial charge >= 0.3 is 5.97 Å². The SMILES string of the molecule is CN(Cc1cccc(Br)c1)S(=O)(=O)c1c[nH]c(C(=O)O)c1. The van der Waals surface area contributed by atoms with Crippen molar-refractivity contribution in [2.45, 2.75) is 11.4 Å². The standard InChI is InChI=1S/C13H13BrN2O4S/c1-16(8-9-3-2-4-10(14)5-9)21(19,20)11-6-12(13(17)18)15-7-11/h2-7,15H,8H2,1H3,(H,17,18). The molecule has 1 heterocycles. The molecule has 2 aromatic rings. The summed E-state index contributed by atoms with van der Waals surface area (Å²) in [7, 11) is -2.29. The van der Waals surface area contributed by atoms with Crippen molar-refractivity contribution in [3.8, 4) is 0 Å². The van der Waals surface area contributed by atoms with Gasteiger partial charge in [0.05, 0.1) is 0 Å². The van der Waals surface area contributed by atoms with Gasteiger partial charge in [0, 0.05) is 24.3 Å². The molecule has 0 unspecified atom stereocenters. The van der Waals surface area contributed by atoms with Gasteiger partial charge in [-0.15, -0.1) is 0 Å². The van der Waals surface area contributed by atoms with Crippen LogP contribution in [-0.2, 0) is 16.6 Å². The number of aromatic carboxylic acids is 1. The number of hydrogen-bond donors (Lipinski definition) is 2. The van der Waals surface area contributed by atoms with E-state index in [0.717, 1.165) is 16.1 Å². The highest BCUT2D eigenvalue weighted by atomic mass is 79.9. The monoisotopic (exact) mass is 372 g/mol. The van der Waals surface area contributed by atoms with Gasteiger partial charge < -0.3 is 10.1 Å². The number of halogens is 1. The van der Waals surface area contributed by atoms with E-state index in [1.807, 2.05) is 24.3 Å². The number of benzene rings is 1. The minimum absolute atomic E-state index is 0.0719. The van der Waals surface area contributed by atoms with Gasteiger partial charge in [0.15, 0.2) is 0 Å². The van der Waals surface area contributed by atoms with E-state index in [2.05, 4.69) is 20.9 Å². The first kappa shape index (κ1) is 15.7. The molecule has 0 aliphatic carbocycles. The van der Waals surface area contributed by atoms with Crippen molar-refractivity contribution in [2.75, 3.05) is 7.05 Å². The lowest BCUT2D eigenvalue weighted by molar-refractivity contribution is 0.0691. The van der Waals surface area contributed by atoms with Crippen molar-refractivity contribution in [2.24, 2.45) is 0 Å². The molecule has 21 heavy (non-hydrogen) atoms. The van der Waals surface area contributed by atoms with Crippen molar-refractivity contribution < 1.29 is 18.3 Å². The normalized spacial score (nSPS) is 11.8. The number of carboxylic acids is 1. The van der Waals surface area contributed by atoms with E-state index in [4.69, 9.17) is 5.11 Å². The smallest absolute Gasteiger partial charge is 0.352 e. The van der Waals surface area contributed by atoms with Gasteiger partial charge in [-0.25, -0.2) is 13.2 Å². The zero-order chi connectivity index (χ0) is 15.6. The fraction of sp³-hybridized carbons (Fsp3) is 0.154. The predicted molar refractivity (Wildman–Crippen MR) is 80.5 cm³/mol. The zero-order valence-electron chi connectivity index (χ0n) is 11.1. The number of aromatic amines is 1. The Kier molecular flexibility index (Phi) is 4.50. The molecule has 0 spiro atoms. The van der Waals surface area contributed by atoms with E-state index < -0.39 is 16.0 Å². The van der Waals surface area contributed by atoms with Crippen LogP contribution in [0.15, 0.2) is 45.9 Å². The summed E-state index contributed by atoms with van der Waals surface area (Å²) >= 11 is 3.33. The number of nitrogens with one attached hydrogen (secondary N) is 1. The molecule has 0 aliphatic heterocycles. The molecule has 0 saturated heterocycles. The molecular weight excluding hydrogens is 360 g/mol. The Bertz CT molecular complexity index is 770. The molecule has 2 N–H and O–H groups in total. The van der Waals surface area contributed by atoms with Crippen LogP contribution in [0, 0.1) is 0 Å². The fourth-order valence-electron chi connectivity index (χ4n) is 1.80. The summed E-state index contributed by atoms with van der Waals surface area (Å²) in [6.45, 7) is 0.190. The molecule has 0 bridgehead atoms. The van der Waals surface area contributed by atoms with Gasteiger partial charge in [-0.1, -0.05) is 28.1 Å². The van der Waals surface area contributed by atoms with E-state index in [9.17, 15) is 13.2 Å². The van der Waals surface area contributed by atoms with E-state index in [0.29, 0.717) is 0 Å². The number of carbonyl (C=O) groups is 1. The van der Waals surface area contributed by atoms with Gasteiger partial charge in [-0.3, -0.25) is 0 Å². The lowest BCUT2D eigenvalue weighted by Crippen LogP contribution is -2.26. The molecule has 0 saturated carbocycles. The number of rotatable bonds is 5. The summed E-state index contributed by atoms with van der Waals surface area (Å²) in [5.74, 6) is -1.20. The predicted octanol–water partition coefficient (Wildman–Crippen LogP) is 2.30. The Morgan fingerprint density at radius 3 is 2.67 bits per heavy atom. The highest BCUT2D eigenvalue weighted by Crippen LogP contribution is 2.19. The molecule has 0 aliphatic rings. The molecule has 1 aromatic heterocycles. The summed E-state index contributed by atoms with van der Waals surface area (Å²) in [4.78, 5) is 13.1. The molecule has 0 amide bonds. The summed E-state index contributed by atoms with van der Waals surface area (Å²) in [5.41, 5.74) is 0.661. The van der Waals surface area contributed by atoms with Crippen LogP contribution in [0.25, 0.3) is 0 Å². The molecule has 0 fully saturated rings. The molecule has 6 nitrogen and oxygen atoms in total. The Balaban J connectivity index is 2.23. The van der Waals surface area contributed by atoms with Crippen LogP contribution in [0.5, 0.6) is 0 Å². The third-order valence-electron chi connectivity index (χ3n) is 2.89. The molecule has 1 aromatic carbocycles. The van der Waals surface area contributed by atoms with Gasteiger partial charge in [0.1, 0.15) is 10.6 Å². The van der Waals surface area contributed by atoms with Crippen LogP contribution >= 0.6 is 15.9 Å². The van der Waals surface area contributed by atoms with Crippen molar-refractivity contribution in [3.05, 3.63) is 52.3 Å².